The molecule has 34 heavy (non-hydrogen) atoms. The second-order valence-corrected chi connectivity index (χ2v) is 8.72. The zero-order valence-electron chi connectivity index (χ0n) is 18.9. The third-order valence-corrected chi connectivity index (χ3v) is 5.68. The van der Waals surface area contributed by atoms with Gasteiger partial charge in [-0.2, -0.15) is 0 Å². The highest BCUT2D eigenvalue weighted by Gasteiger charge is 2.17. The Hall–Kier alpha value is -3.29. The van der Waals surface area contributed by atoms with Crippen molar-refractivity contribution in [2.75, 3.05) is 23.8 Å². The van der Waals surface area contributed by atoms with Gasteiger partial charge in [0, 0.05) is 27.8 Å². The largest absolute Gasteiger partial charge is 0.490 e. The molecule has 0 aliphatic carbocycles. The molecule has 6 nitrogen and oxygen atoms in total. The van der Waals surface area contributed by atoms with E-state index in [-0.39, 0.29) is 11.8 Å². The van der Waals surface area contributed by atoms with E-state index in [1.54, 1.807) is 42.5 Å². The minimum atomic E-state index is -0.307. The number of nitrogens with one attached hydrogen (secondary N) is 3. The van der Waals surface area contributed by atoms with E-state index < -0.39 is 0 Å². The van der Waals surface area contributed by atoms with Crippen LogP contribution >= 0.6 is 27.5 Å². The maximum absolute atomic E-state index is 13.1. The molecular weight excluding hydrogens is 518 g/mol. The van der Waals surface area contributed by atoms with E-state index >= 15 is 0 Å². The van der Waals surface area contributed by atoms with Gasteiger partial charge in [0.05, 0.1) is 16.4 Å². The Morgan fingerprint density at radius 2 is 1.82 bits per heavy atom. The van der Waals surface area contributed by atoms with Crippen molar-refractivity contribution in [2.45, 2.75) is 13.8 Å². The van der Waals surface area contributed by atoms with E-state index in [2.05, 4.69) is 38.5 Å². The van der Waals surface area contributed by atoms with Crippen LogP contribution in [0.2, 0.25) is 5.02 Å². The number of carbonyl (C=O) groups excluding carboxylic acids is 2. The number of urea groups is 1. The first-order valence-corrected chi connectivity index (χ1v) is 11.8. The molecule has 0 radical (unpaired) electrons. The summed E-state index contributed by atoms with van der Waals surface area (Å²) in [6, 6.07) is 15.6. The highest BCUT2D eigenvalue weighted by atomic mass is 79.9. The lowest BCUT2D eigenvalue weighted by Gasteiger charge is -2.15. The topological polar surface area (TPSA) is 79.5 Å². The van der Waals surface area contributed by atoms with Crippen molar-refractivity contribution < 1.29 is 14.3 Å². The smallest absolute Gasteiger partial charge is 0.319 e. The Morgan fingerprint density at radius 1 is 1.06 bits per heavy atom. The molecule has 0 saturated carbocycles. The molecule has 3 rings (SSSR count). The summed E-state index contributed by atoms with van der Waals surface area (Å²) in [7, 11) is 0. The molecule has 0 atom stereocenters. The maximum Gasteiger partial charge on any atom is 0.319 e. The fourth-order valence-electron chi connectivity index (χ4n) is 3.27. The van der Waals surface area contributed by atoms with Gasteiger partial charge in [0.2, 0.25) is 0 Å². The van der Waals surface area contributed by atoms with Gasteiger partial charge in [-0.1, -0.05) is 40.2 Å². The van der Waals surface area contributed by atoms with Crippen molar-refractivity contribution in [3.8, 4) is 5.75 Å². The fraction of sp³-hybridized carbons (Fsp3) is 0.154. The summed E-state index contributed by atoms with van der Waals surface area (Å²) in [5, 5.41) is 9.08. The average molecular weight is 543 g/mol. The second-order valence-electron chi connectivity index (χ2n) is 7.40. The van der Waals surface area contributed by atoms with Gasteiger partial charge in [-0.3, -0.25) is 4.79 Å². The van der Waals surface area contributed by atoms with Gasteiger partial charge in [-0.15, -0.1) is 0 Å². The van der Waals surface area contributed by atoms with Crippen LogP contribution in [0.3, 0.4) is 0 Å². The zero-order valence-corrected chi connectivity index (χ0v) is 21.2. The van der Waals surface area contributed by atoms with Crippen molar-refractivity contribution in [3.63, 3.8) is 0 Å². The quantitative estimate of drug-likeness (QED) is 0.199. The number of benzene rings is 3. The molecule has 0 aliphatic heterocycles. The first-order chi connectivity index (χ1) is 16.3. The molecule has 2 amide bonds. The van der Waals surface area contributed by atoms with Crippen LogP contribution in [0.15, 0.2) is 71.7 Å². The summed E-state index contributed by atoms with van der Waals surface area (Å²) < 4.78 is 6.35. The molecule has 0 heterocycles. The molecular formula is C26H25BrClN3O3. The number of hydrogen-bond donors (Lipinski definition) is 3. The van der Waals surface area contributed by atoms with Crippen molar-refractivity contribution in [1.82, 2.24) is 5.32 Å². The third-order valence-electron chi connectivity index (χ3n) is 4.87. The van der Waals surface area contributed by atoms with E-state index in [0.29, 0.717) is 52.1 Å². The van der Waals surface area contributed by atoms with E-state index in [9.17, 15) is 9.59 Å². The summed E-state index contributed by atoms with van der Waals surface area (Å²) in [4.78, 5) is 25.1. The SMILES string of the molecule is C=CCOc1ccc(C(=O)c2ccc(Nc3ccc(Br)cc3NC(=O)NCC)cc2Cl)c(C)c1. The molecule has 3 aromatic carbocycles. The van der Waals surface area contributed by atoms with Crippen molar-refractivity contribution >= 4 is 56.4 Å². The van der Waals surface area contributed by atoms with Crippen LogP contribution in [-0.2, 0) is 0 Å². The Morgan fingerprint density at radius 3 is 2.50 bits per heavy atom. The molecule has 0 saturated heterocycles. The highest BCUT2D eigenvalue weighted by Crippen LogP contribution is 2.31. The average Bonchev–Trinajstić information content (AvgIpc) is 2.79. The number of halogens is 2. The molecule has 0 unspecified atom stereocenters. The molecule has 0 spiro atoms. The maximum atomic E-state index is 13.1. The highest BCUT2D eigenvalue weighted by molar-refractivity contribution is 9.10. The lowest BCUT2D eigenvalue weighted by Crippen LogP contribution is -2.28. The van der Waals surface area contributed by atoms with E-state index in [1.807, 2.05) is 32.0 Å². The molecule has 0 fully saturated rings. The van der Waals surface area contributed by atoms with Crippen LogP contribution in [0.1, 0.15) is 28.4 Å². The standard InChI is InChI=1S/C26H25BrClN3O3/c1-4-12-34-19-8-10-20(16(3)13-19)25(32)21-9-7-18(15-22(21)28)30-23-11-6-17(27)14-24(23)31-26(33)29-5-2/h4,6-11,13-15,30H,1,5,12H2,2-3H3,(H2,29,31,33). The number of ketones is 1. The molecule has 176 valence electrons. The lowest BCUT2D eigenvalue weighted by atomic mass is 9.98. The van der Waals surface area contributed by atoms with Gasteiger partial charge in [-0.05, 0) is 74.0 Å². The number of amides is 2. The number of hydrogen-bond acceptors (Lipinski definition) is 4. The number of anilines is 3. The Kier molecular flexibility index (Phi) is 8.73. The Bertz CT molecular complexity index is 1230. The van der Waals surface area contributed by atoms with E-state index in [1.165, 1.54) is 0 Å². The summed E-state index contributed by atoms with van der Waals surface area (Å²) >= 11 is 9.92. The summed E-state index contributed by atoms with van der Waals surface area (Å²) in [6.07, 6.45) is 1.66. The number of ether oxygens (including phenoxy) is 1. The molecule has 8 heteroatoms. The molecule has 0 aliphatic rings. The first-order valence-electron chi connectivity index (χ1n) is 10.6. The van der Waals surface area contributed by atoms with Crippen molar-refractivity contribution in [3.05, 3.63) is 93.4 Å². The predicted octanol–water partition coefficient (Wildman–Crippen LogP) is 7.09. The van der Waals surface area contributed by atoms with Crippen LogP contribution in [0.25, 0.3) is 0 Å². The van der Waals surface area contributed by atoms with Crippen molar-refractivity contribution in [1.29, 1.82) is 0 Å². The third kappa shape index (κ3) is 6.40. The summed E-state index contributed by atoms with van der Waals surface area (Å²) in [6.45, 7) is 8.24. The van der Waals surface area contributed by atoms with Crippen LogP contribution in [0.4, 0.5) is 21.9 Å². The molecule has 0 aromatic heterocycles. The molecule has 3 aromatic rings. The Balaban J connectivity index is 1.82. The van der Waals surface area contributed by atoms with Gasteiger partial charge in [0.15, 0.2) is 5.78 Å². The lowest BCUT2D eigenvalue weighted by molar-refractivity contribution is 0.103. The van der Waals surface area contributed by atoms with Crippen LogP contribution in [-0.4, -0.2) is 25.0 Å². The van der Waals surface area contributed by atoms with Crippen LogP contribution in [0.5, 0.6) is 5.75 Å². The van der Waals surface area contributed by atoms with E-state index in [4.69, 9.17) is 16.3 Å². The summed E-state index contributed by atoms with van der Waals surface area (Å²) in [5.74, 6) is 0.498. The van der Waals surface area contributed by atoms with Crippen LogP contribution < -0.4 is 20.7 Å². The number of aryl methyl sites for hydroxylation is 1. The Labute approximate surface area is 212 Å². The molecule has 0 bridgehead atoms. The monoisotopic (exact) mass is 541 g/mol. The van der Waals surface area contributed by atoms with Crippen molar-refractivity contribution in [2.24, 2.45) is 0 Å². The normalized spacial score (nSPS) is 10.4. The van der Waals surface area contributed by atoms with Gasteiger partial charge in [0.25, 0.3) is 0 Å². The fourth-order valence-corrected chi connectivity index (χ4v) is 3.90. The van der Waals surface area contributed by atoms with E-state index in [0.717, 1.165) is 10.0 Å². The molecule has 3 N–H and O–H groups in total. The number of carbonyl (C=O) groups is 2. The van der Waals surface area contributed by atoms with Gasteiger partial charge < -0.3 is 20.7 Å². The van der Waals surface area contributed by atoms with Gasteiger partial charge in [-0.25, -0.2) is 4.79 Å². The zero-order chi connectivity index (χ0) is 24.7. The van der Waals surface area contributed by atoms with Crippen LogP contribution in [0, 0.1) is 6.92 Å². The first kappa shape index (κ1) is 25.3. The minimum Gasteiger partial charge on any atom is -0.490 e. The van der Waals surface area contributed by atoms with Gasteiger partial charge in [0.1, 0.15) is 12.4 Å². The number of rotatable bonds is 9. The predicted molar refractivity (Wildman–Crippen MR) is 142 cm³/mol. The summed E-state index contributed by atoms with van der Waals surface area (Å²) in [5.41, 5.74) is 3.68. The minimum absolute atomic E-state index is 0.174. The van der Waals surface area contributed by atoms with Gasteiger partial charge >= 0.3 is 6.03 Å². The second kappa shape index (κ2) is 11.7.